The third-order valence-electron chi connectivity index (χ3n) is 1.99. The molecule has 0 bridgehead atoms. The van der Waals surface area contributed by atoms with Crippen LogP contribution in [-0.4, -0.2) is 38.2 Å². The molecule has 0 aromatic carbocycles. The number of hydrogen-bond acceptors (Lipinski definition) is 4. The molecule has 0 saturated heterocycles. The summed E-state index contributed by atoms with van der Waals surface area (Å²) in [6.45, 7) is 12.8. The van der Waals surface area contributed by atoms with Crippen molar-refractivity contribution in [1.29, 1.82) is 0 Å². The average Bonchev–Trinajstić information content (AvgIpc) is 2.22. The maximum Gasteiger partial charge on any atom is 0.538 e. The van der Waals surface area contributed by atoms with Gasteiger partial charge >= 0.3 is 14.8 Å². The molecule has 0 saturated carbocycles. The van der Waals surface area contributed by atoms with Crippen molar-refractivity contribution in [3.63, 3.8) is 0 Å². The Hall–Kier alpha value is -0.913. The second-order valence-corrected chi connectivity index (χ2v) is 7.53. The molecule has 1 N–H and O–H groups in total. The van der Waals surface area contributed by atoms with Crippen LogP contribution in [0.3, 0.4) is 0 Å². The molecule has 0 radical (unpaired) electrons. The Bertz CT molecular complexity index is 354. The Labute approximate surface area is 122 Å². The van der Waals surface area contributed by atoms with E-state index in [1.165, 1.54) is 12.6 Å². The summed E-state index contributed by atoms with van der Waals surface area (Å²) < 4.78 is 17.6. The number of hydrogen-bond donors (Lipinski definition) is 1. The lowest BCUT2D eigenvalue weighted by molar-refractivity contribution is -0.132. The highest BCUT2D eigenvalue weighted by Gasteiger charge is 2.42. The summed E-state index contributed by atoms with van der Waals surface area (Å²) in [4.78, 5) is 10.9. The van der Waals surface area contributed by atoms with Crippen LogP contribution in [0.25, 0.3) is 0 Å². The first-order valence-electron chi connectivity index (χ1n) is 6.79. The highest BCUT2D eigenvalue weighted by Crippen LogP contribution is 2.19. The van der Waals surface area contributed by atoms with E-state index >= 15 is 0 Å². The molecule has 0 heterocycles. The van der Waals surface area contributed by atoms with Gasteiger partial charge in [-0.15, -0.1) is 5.73 Å². The summed E-state index contributed by atoms with van der Waals surface area (Å²) in [5, 5.41) is 8.90. The molecule has 116 valence electrons. The van der Waals surface area contributed by atoms with Crippen molar-refractivity contribution in [1.82, 2.24) is 0 Å². The zero-order chi connectivity index (χ0) is 15.9. The van der Waals surface area contributed by atoms with Crippen LogP contribution < -0.4 is 0 Å². The zero-order valence-electron chi connectivity index (χ0n) is 13.4. The van der Waals surface area contributed by atoms with E-state index in [-0.39, 0.29) is 23.9 Å². The van der Waals surface area contributed by atoms with Gasteiger partial charge in [-0.05, 0) is 48.5 Å². The highest BCUT2D eigenvalue weighted by molar-refractivity contribution is 6.66. The molecule has 0 aromatic heterocycles. The molecule has 0 fully saturated rings. The fourth-order valence-electron chi connectivity index (χ4n) is 1.43. The maximum atomic E-state index is 10.9. The molecule has 0 aliphatic heterocycles. The second-order valence-electron chi connectivity index (χ2n) is 5.32. The summed E-state index contributed by atoms with van der Waals surface area (Å²) >= 11 is 0. The molecular formula is C14H26O5Si. The van der Waals surface area contributed by atoms with Gasteiger partial charge < -0.3 is 18.4 Å². The molecule has 0 spiro atoms. The van der Waals surface area contributed by atoms with E-state index in [0.717, 1.165) is 0 Å². The molecule has 20 heavy (non-hydrogen) atoms. The predicted octanol–water partition coefficient (Wildman–Crippen LogP) is 2.93. The molecule has 0 amide bonds. The number of carboxylic acid groups (broad SMARTS) is 1. The lowest BCUT2D eigenvalue weighted by Crippen LogP contribution is -2.49. The second kappa shape index (κ2) is 8.39. The van der Waals surface area contributed by atoms with E-state index in [1.807, 2.05) is 41.5 Å². The van der Waals surface area contributed by atoms with Gasteiger partial charge in [-0.1, -0.05) is 0 Å². The van der Waals surface area contributed by atoms with Crippen molar-refractivity contribution in [3.05, 3.63) is 17.0 Å². The van der Waals surface area contributed by atoms with Crippen LogP contribution in [0.4, 0.5) is 0 Å². The first-order valence-corrected chi connectivity index (χ1v) is 8.59. The first kappa shape index (κ1) is 19.1. The average molecular weight is 302 g/mol. The van der Waals surface area contributed by atoms with E-state index in [2.05, 4.69) is 5.73 Å². The quantitative estimate of drug-likeness (QED) is 0.424. The van der Waals surface area contributed by atoms with Crippen molar-refractivity contribution in [2.45, 2.75) is 66.8 Å². The fourth-order valence-corrected chi connectivity index (χ4v) is 4.16. The van der Waals surface area contributed by atoms with Gasteiger partial charge in [0.2, 0.25) is 0 Å². The molecule has 0 atom stereocenters. The van der Waals surface area contributed by atoms with Crippen LogP contribution in [0, 0.1) is 0 Å². The molecule has 0 rings (SSSR count). The van der Waals surface area contributed by atoms with Crippen LogP contribution >= 0.6 is 0 Å². The minimum atomic E-state index is -3.11. The smallest absolute Gasteiger partial charge is 0.477 e. The summed E-state index contributed by atoms with van der Waals surface area (Å²) in [7, 11) is -3.11. The molecule has 6 heteroatoms. The van der Waals surface area contributed by atoms with Crippen LogP contribution in [0.5, 0.6) is 0 Å². The predicted molar refractivity (Wildman–Crippen MR) is 79.3 cm³/mol. The third-order valence-corrected chi connectivity index (χ3v) is 4.88. The largest absolute Gasteiger partial charge is 0.538 e. The van der Waals surface area contributed by atoms with Gasteiger partial charge in [0.1, 0.15) is 0 Å². The number of carbonyl (C=O) groups is 1. The van der Waals surface area contributed by atoms with Crippen molar-refractivity contribution in [3.8, 4) is 0 Å². The molecular weight excluding hydrogens is 276 g/mol. The normalized spacial score (nSPS) is 11.9. The van der Waals surface area contributed by atoms with Gasteiger partial charge in [-0.25, -0.2) is 4.79 Å². The van der Waals surface area contributed by atoms with E-state index < -0.39 is 14.8 Å². The highest BCUT2D eigenvalue weighted by atomic mass is 28.4. The monoisotopic (exact) mass is 302 g/mol. The minimum absolute atomic E-state index is 0.0916. The molecule has 0 aliphatic carbocycles. The summed E-state index contributed by atoms with van der Waals surface area (Å²) in [5.41, 5.74) is 4.33. The van der Waals surface area contributed by atoms with Crippen LogP contribution in [0.1, 0.15) is 48.5 Å². The Morgan fingerprint density at radius 3 is 1.60 bits per heavy atom. The SMILES string of the molecule is CC(=C=C[Si](OC(C)C)(OC(C)C)OC(C)C)C(=O)O. The Morgan fingerprint density at radius 2 is 1.35 bits per heavy atom. The number of aliphatic carboxylic acids is 1. The van der Waals surface area contributed by atoms with Crippen LogP contribution in [0.2, 0.25) is 0 Å². The Kier molecular flexibility index (Phi) is 8.01. The molecule has 0 unspecified atom stereocenters. The number of carboxylic acids is 1. The van der Waals surface area contributed by atoms with Crippen molar-refractivity contribution in [2.75, 3.05) is 0 Å². The van der Waals surface area contributed by atoms with Gasteiger partial charge in [0.15, 0.2) is 0 Å². The standard InChI is InChI=1S/C14H26O5Si/c1-10(2)17-20(18-11(3)4,19-12(5)6)9-8-13(7)14(15)16/h9-12H,1-7H3,(H,15,16). The summed E-state index contributed by atoms with van der Waals surface area (Å²) in [6, 6.07) is 0. The van der Waals surface area contributed by atoms with E-state index in [1.54, 1.807) is 0 Å². The van der Waals surface area contributed by atoms with Gasteiger partial charge in [0.25, 0.3) is 0 Å². The van der Waals surface area contributed by atoms with Crippen molar-refractivity contribution >= 4 is 14.8 Å². The molecule has 0 aliphatic rings. The van der Waals surface area contributed by atoms with Crippen molar-refractivity contribution in [2.24, 2.45) is 0 Å². The molecule has 5 nitrogen and oxygen atoms in total. The van der Waals surface area contributed by atoms with Crippen LogP contribution in [-0.2, 0) is 18.1 Å². The third kappa shape index (κ3) is 7.62. The summed E-state index contributed by atoms with van der Waals surface area (Å²) in [5.74, 6) is -1.03. The lowest BCUT2D eigenvalue weighted by atomic mass is 10.3. The topological polar surface area (TPSA) is 65.0 Å². The Morgan fingerprint density at radius 1 is 1.00 bits per heavy atom. The zero-order valence-corrected chi connectivity index (χ0v) is 14.4. The van der Waals surface area contributed by atoms with Gasteiger partial charge in [-0.2, -0.15) is 0 Å². The fraction of sp³-hybridized carbons (Fsp3) is 0.714. The van der Waals surface area contributed by atoms with E-state index in [0.29, 0.717) is 0 Å². The van der Waals surface area contributed by atoms with E-state index in [9.17, 15) is 4.79 Å². The van der Waals surface area contributed by atoms with Gasteiger partial charge in [0.05, 0.1) is 5.57 Å². The summed E-state index contributed by atoms with van der Waals surface area (Å²) in [6.07, 6.45) is -0.285. The van der Waals surface area contributed by atoms with Crippen LogP contribution in [0.15, 0.2) is 17.0 Å². The first-order chi connectivity index (χ1) is 9.08. The molecule has 0 aromatic rings. The Balaban J connectivity index is 5.58. The maximum absolute atomic E-state index is 10.9. The van der Waals surface area contributed by atoms with Gasteiger partial charge in [-0.3, -0.25) is 0 Å². The van der Waals surface area contributed by atoms with Gasteiger partial charge in [0, 0.05) is 24.0 Å². The van der Waals surface area contributed by atoms with E-state index in [4.69, 9.17) is 18.4 Å². The van der Waals surface area contributed by atoms with Crippen molar-refractivity contribution < 1.29 is 23.2 Å². The lowest BCUT2D eigenvalue weighted by Gasteiger charge is -2.31. The minimum Gasteiger partial charge on any atom is -0.477 e. The number of rotatable bonds is 8.